The number of phenols is 1. The van der Waals surface area contributed by atoms with Crippen molar-refractivity contribution in [3.63, 3.8) is 0 Å². The van der Waals surface area contributed by atoms with E-state index in [-0.39, 0.29) is 24.0 Å². The molecule has 2 N–H and O–H groups in total. The molecule has 1 fully saturated rings. The van der Waals surface area contributed by atoms with Gasteiger partial charge in [-0.25, -0.2) is 0 Å². The summed E-state index contributed by atoms with van der Waals surface area (Å²) in [5.74, 6) is 0.0979. The molecule has 0 amide bonds. The molecule has 0 aromatic heterocycles. The fraction of sp³-hybridized carbons (Fsp3) is 0.562. The molecule has 4 rings (SSSR count). The van der Waals surface area contributed by atoms with Crippen molar-refractivity contribution in [3.8, 4) is 11.5 Å². The Morgan fingerprint density at radius 1 is 0.795 bits per heavy atom. The summed E-state index contributed by atoms with van der Waals surface area (Å²) in [6.45, 7) is 14.7. The van der Waals surface area contributed by atoms with Crippen LogP contribution in [0.2, 0.25) is 0 Å². The minimum atomic E-state index is -1.33. The van der Waals surface area contributed by atoms with Crippen molar-refractivity contribution in [1.29, 1.82) is 0 Å². The molecule has 2 atom stereocenters. The third kappa shape index (κ3) is 9.49. The first-order valence-corrected chi connectivity index (χ1v) is 18.9. The SMILES string of the molecule is CC1=C(C)C(=O)C(CCC2(C)CCC(=O)O2)=C(C)C1=O.Cc1c(C)c2c(c(C)c1O)CCC(C)(CCC(=O)O)O2.[Cl][Fe]([Cl])[Cl]. The van der Waals surface area contributed by atoms with E-state index in [1.54, 1.807) is 20.8 Å². The molecule has 247 valence electrons. The summed E-state index contributed by atoms with van der Waals surface area (Å²) in [6.07, 6.45) is 4.36. The topological polar surface area (TPSA) is 127 Å². The van der Waals surface area contributed by atoms with E-state index in [1.807, 2.05) is 34.6 Å². The predicted octanol–water partition coefficient (Wildman–Crippen LogP) is 8.00. The minimum absolute atomic E-state index is 0.0486. The molecule has 2 aliphatic heterocycles. The Morgan fingerprint density at radius 3 is 1.84 bits per heavy atom. The molecule has 44 heavy (non-hydrogen) atoms. The van der Waals surface area contributed by atoms with Gasteiger partial charge >= 0.3 is 53.4 Å². The Morgan fingerprint density at radius 2 is 1.32 bits per heavy atom. The number of benzene rings is 1. The number of hydrogen-bond acceptors (Lipinski definition) is 7. The first-order valence-electron chi connectivity index (χ1n) is 14.3. The van der Waals surface area contributed by atoms with Gasteiger partial charge < -0.3 is 19.7 Å². The molecule has 2 unspecified atom stereocenters. The van der Waals surface area contributed by atoms with Crippen LogP contribution in [0.4, 0.5) is 0 Å². The molecule has 1 aromatic rings. The number of carboxylic acids is 1. The number of hydrogen-bond donors (Lipinski definition) is 2. The number of ether oxygens (including phenoxy) is 2. The number of aliphatic carboxylic acids is 1. The van der Waals surface area contributed by atoms with Crippen LogP contribution in [0.1, 0.15) is 102 Å². The van der Waals surface area contributed by atoms with Crippen molar-refractivity contribution in [3.05, 3.63) is 44.5 Å². The maximum atomic E-state index is 12.3. The Bertz CT molecular complexity index is 1400. The van der Waals surface area contributed by atoms with Gasteiger partial charge in [-0.2, -0.15) is 0 Å². The number of fused-ring (bicyclic) bond motifs is 1. The van der Waals surface area contributed by atoms with Crippen LogP contribution in [0, 0.1) is 20.8 Å². The standard InChI is InChI=1S/C16H20O4.C16H22O4.3ClH.Fe/c1-9-10(2)15(19)12(11(3)14(9)18)5-7-16(4)8-6-13(17)20-16;1-9-10(2)15-12(11(3)14(9)19)5-7-16(4,20-15)8-6-13(17)18;;;;/h5-8H2,1-4H3;19H,5-8H2,1-4H3,(H,17,18);3*1H;/q;;;;;+3/p-3. The van der Waals surface area contributed by atoms with E-state index in [2.05, 4.69) is 0 Å². The van der Waals surface area contributed by atoms with Gasteiger partial charge in [-0.1, -0.05) is 0 Å². The normalized spacial score (nSPS) is 23.2. The van der Waals surface area contributed by atoms with Crippen molar-refractivity contribution < 1.29 is 50.0 Å². The van der Waals surface area contributed by atoms with Gasteiger partial charge in [0.15, 0.2) is 11.6 Å². The van der Waals surface area contributed by atoms with Crippen LogP contribution >= 0.6 is 30.3 Å². The molecule has 8 nitrogen and oxygen atoms in total. The third-order valence-electron chi connectivity index (χ3n) is 8.89. The van der Waals surface area contributed by atoms with Gasteiger partial charge in [0.25, 0.3) is 0 Å². The second-order valence-electron chi connectivity index (χ2n) is 12.1. The van der Waals surface area contributed by atoms with Gasteiger partial charge in [-0.3, -0.25) is 19.2 Å². The first-order chi connectivity index (χ1) is 20.2. The summed E-state index contributed by atoms with van der Waals surface area (Å²) in [7, 11) is 14.7. The van der Waals surface area contributed by atoms with E-state index in [1.165, 1.54) is 0 Å². The number of halogens is 3. The number of aromatic hydroxyl groups is 1. The second kappa shape index (κ2) is 15.5. The molecule has 1 aromatic carbocycles. The van der Waals surface area contributed by atoms with Gasteiger partial charge in [0.2, 0.25) is 0 Å². The van der Waals surface area contributed by atoms with E-state index in [4.69, 9.17) is 44.9 Å². The van der Waals surface area contributed by atoms with Crippen LogP contribution in [0.15, 0.2) is 22.3 Å². The Labute approximate surface area is 276 Å². The molecule has 3 aliphatic rings. The number of carbonyl (C=O) groups excluding carboxylic acids is 3. The van der Waals surface area contributed by atoms with Crippen LogP contribution in [0.3, 0.4) is 0 Å². The van der Waals surface area contributed by atoms with Crippen LogP contribution in [-0.2, 0) is 41.5 Å². The number of carboxylic acid groups (broad SMARTS) is 1. The second-order valence-corrected chi connectivity index (χ2v) is 17.5. The van der Waals surface area contributed by atoms with Gasteiger partial charge in [0.1, 0.15) is 22.7 Å². The summed E-state index contributed by atoms with van der Waals surface area (Å²) >= 11 is -1.33. The third-order valence-corrected chi connectivity index (χ3v) is 8.89. The van der Waals surface area contributed by atoms with E-state index in [0.29, 0.717) is 60.1 Å². The fourth-order valence-electron chi connectivity index (χ4n) is 5.61. The Balaban J connectivity index is 0.000000274. The average molecular weight is 717 g/mol. The Hall–Kier alpha value is -2.03. The molecule has 0 spiro atoms. The predicted molar refractivity (Wildman–Crippen MR) is 168 cm³/mol. The van der Waals surface area contributed by atoms with Gasteiger partial charge in [-0.05, 0) is 111 Å². The molecule has 0 radical (unpaired) electrons. The zero-order valence-corrected chi connectivity index (χ0v) is 29.9. The van der Waals surface area contributed by atoms with E-state index < -0.39 is 28.3 Å². The van der Waals surface area contributed by atoms with Crippen molar-refractivity contribution in [1.82, 2.24) is 0 Å². The quantitative estimate of drug-likeness (QED) is 0.172. The van der Waals surface area contributed by atoms with Gasteiger partial charge in [0, 0.05) is 40.7 Å². The number of carbonyl (C=O) groups is 4. The molecule has 1 saturated heterocycles. The molecule has 0 saturated carbocycles. The van der Waals surface area contributed by atoms with Crippen molar-refractivity contribution >= 4 is 53.8 Å². The summed E-state index contributed by atoms with van der Waals surface area (Å²) in [5.41, 5.74) is 4.95. The molecule has 1 aliphatic carbocycles. The van der Waals surface area contributed by atoms with Crippen LogP contribution in [0.5, 0.6) is 11.5 Å². The number of Topliss-reactive ketones (excluding diaryl/α,β-unsaturated/α-hetero) is 2. The van der Waals surface area contributed by atoms with Gasteiger partial charge in [-0.15, -0.1) is 0 Å². The number of cyclic esters (lactones) is 1. The average Bonchev–Trinajstić information content (AvgIpc) is 3.29. The maximum absolute atomic E-state index is 12.3. The number of phenolic OH excluding ortho intramolecular Hbond substituents is 1. The fourth-order valence-corrected chi connectivity index (χ4v) is 5.61. The number of rotatable bonds is 6. The zero-order valence-electron chi connectivity index (χ0n) is 26.5. The van der Waals surface area contributed by atoms with Crippen LogP contribution in [0.25, 0.3) is 0 Å². The number of esters is 1. The molecule has 12 heteroatoms. The summed E-state index contributed by atoms with van der Waals surface area (Å²) in [6, 6.07) is 0. The molecular weight excluding hydrogens is 675 g/mol. The Kier molecular flexibility index (Phi) is 13.4. The van der Waals surface area contributed by atoms with Crippen molar-refractivity contribution in [2.75, 3.05) is 0 Å². The van der Waals surface area contributed by atoms with E-state index >= 15 is 0 Å². The molecule has 0 bridgehead atoms. The van der Waals surface area contributed by atoms with Crippen LogP contribution < -0.4 is 4.74 Å². The summed E-state index contributed by atoms with van der Waals surface area (Å²) in [5, 5.41) is 19.0. The summed E-state index contributed by atoms with van der Waals surface area (Å²) in [4.78, 5) is 46.3. The van der Waals surface area contributed by atoms with E-state index in [0.717, 1.165) is 40.8 Å². The van der Waals surface area contributed by atoms with Gasteiger partial charge in [0.05, 0.1) is 0 Å². The number of ketones is 2. The van der Waals surface area contributed by atoms with Crippen molar-refractivity contribution in [2.24, 2.45) is 0 Å². The van der Waals surface area contributed by atoms with Crippen molar-refractivity contribution in [2.45, 2.75) is 118 Å². The van der Waals surface area contributed by atoms with E-state index in [9.17, 15) is 24.3 Å². The van der Waals surface area contributed by atoms with Crippen LogP contribution in [-0.4, -0.2) is 44.9 Å². The first kappa shape index (κ1) is 38.2. The number of allylic oxidation sites excluding steroid dienone is 4. The monoisotopic (exact) mass is 715 g/mol. The molecular formula is C32H42Cl3FeO8. The zero-order chi connectivity index (χ0) is 33.7. The summed E-state index contributed by atoms with van der Waals surface area (Å²) < 4.78 is 11.5. The molecule has 2 heterocycles.